The Balaban J connectivity index is 1.63. The number of carbonyl (C=O) groups is 3. The number of nitrogens with zero attached hydrogens (tertiary/aromatic N) is 4. The summed E-state index contributed by atoms with van der Waals surface area (Å²) in [5, 5.41) is 5.65. The number of rotatable bonds is 7. The maximum absolute atomic E-state index is 13.1. The molecule has 3 aromatic rings. The number of fused-ring (bicyclic) bond motifs is 2. The molecule has 15 heteroatoms. The van der Waals surface area contributed by atoms with E-state index in [0.29, 0.717) is 27.7 Å². The van der Waals surface area contributed by atoms with E-state index in [0.717, 1.165) is 4.88 Å². The third kappa shape index (κ3) is 4.57. The van der Waals surface area contributed by atoms with Crippen LogP contribution in [0, 0.1) is 23.2 Å². The molecule has 0 radical (unpaired) electrons. The first-order chi connectivity index (χ1) is 18.8. The number of aromatic nitrogens is 4. The number of halogens is 1. The molecule has 2 aliphatic carbocycles. The molecule has 5 rings (SSSR count). The number of anilines is 1. The Labute approximate surface area is 231 Å². The molecule has 3 heterocycles. The Morgan fingerprint density at radius 1 is 1.18 bits per heavy atom. The summed E-state index contributed by atoms with van der Waals surface area (Å²) in [6.45, 7) is -0.806. The van der Waals surface area contributed by atoms with Crippen molar-refractivity contribution in [3.05, 3.63) is 33.5 Å². The van der Waals surface area contributed by atoms with Gasteiger partial charge in [0.05, 0.1) is 40.1 Å². The minimum Gasteiger partial charge on any atom is -0.456 e. The van der Waals surface area contributed by atoms with Crippen LogP contribution < -0.4 is 22.1 Å². The van der Waals surface area contributed by atoms with Crippen molar-refractivity contribution < 1.29 is 23.9 Å². The average molecular weight is 573 g/mol. The summed E-state index contributed by atoms with van der Waals surface area (Å²) in [4.78, 5) is 52.1. The highest BCUT2D eigenvalue weighted by Crippen LogP contribution is 2.69. The van der Waals surface area contributed by atoms with Crippen LogP contribution in [0.15, 0.2) is 18.5 Å². The number of ether oxygens (including phenoxy) is 2. The molecule has 2 fully saturated rings. The van der Waals surface area contributed by atoms with Gasteiger partial charge in [0.1, 0.15) is 0 Å². The van der Waals surface area contributed by atoms with Gasteiger partial charge in [0, 0.05) is 20.0 Å². The van der Waals surface area contributed by atoms with Gasteiger partial charge >= 0.3 is 11.9 Å². The van der Waals surface area contributed by atoms with Gasteiger partial charge in [0.25, 0.3) is 0 Å². The lowest BCUT2D eigenvalue weighted by atomic mass is 9.97. The van der Waals surface area contributed by atoms with E-state index in [2.05, 4.69) is 37.4 Å². The number of esters is 2. The lowest BCUT2D eigenvalue weighted by molar-refractivity contribution is -0.172. The Morgan fingerprint density at radius 3 is 2.56 bits per heavy atom. The Bertz CT molecular complexity index is 1530. The van der Waals surface area contributed by atoms with Crippen molar-refractivity contribution in [2.45, 2.75) is 24.7 Å². The predicted molar refractivity (Wildman–Crippen MR) is 142 cm³/mol. The van der Waals surface area contributed by atoms with Crippen molar-refractivity contribution in [2.24, 2.45) is 22.8 Å². The lowest BCUT2D eigenvalue weighted by Crippen LogP contribution is -2.47. The monoisotopic (exact) mass is 572 g/mol. The van der Waals surface area contributed by atoms with Gasteiger partial charge in [-0.3, -0.25) is 14.4 Å². The quantitative estimate of drug-likeness (QED) is 0.221. The van der Waals surface area contributed by atoms with E-state index >= 15 is 0 Å². The fraction of sp³-hybridized carbons (Fsp3) is 0.417. The second kappa shape index (κ2) is 10.4. The number of amides is 1. The molecule has 0 saturated heterocycles. The molecule has 2 aliphatic rings. The molecule has 1 amide bonds. The van der Waals surface area contributed by atoms with Crippen molar-refractivity contribution in [1.82, 2.24) is 24.8 Å². The molecule has 3 aromatic heterocycles. The highest BCUT2D eigenvalue weighted by Gasteiger charge is 2.78. The molecule has 2 saturated carbocycles. The number of thiophene rings is 1. The summed E-state index contributed by atoms with van der Waals surface area (Å²) in [5.41, 5.74) is 10.7. The van der Waals surface area contributed by atoms with Gasteiger partial charge in [-0.2, -0.15) is 0 Å². The number of nitrogens with two attached hydrogens (primary N) is 2. The van der Waals surface area contributed by atoms with Gasteiger partial charge in [0.15, 0.2) is 29.2 Å². The van der Waals surface area contributed by atoms with Crippen molar-refractivity contribution in [3.8, 4) is 11.8 Å². The first kappa shape index (κ1) is 26.8. The first-order valence-electron chi connectivity index (χ1n) is 12.0. The van der Waals surface area contributed by atoms with E-state index in [1.807, 2.05) is 0 Å². The summed E-state index contributed by atoms with van der Waals surface area (Å²) < 4.78 is 13.7. The fourth-order valence-corrected chi connectivity index (χ4v) is 6.19. The molecule has 0 bridgehead atoms. The molecule has 0 aromatic carbocycles. The summed E-state index contributed by atoms with van der Waals surface area (Å²) in [7, 11) is 3.19. The van der Waals surface area contributed by atoms with Crippen LogP contribution in [-0.4, -0.2) is 76.8 Å². The smallest absolute Gasteiger partial charge is 0.320 e. The van der Waals surface area contributed by atoms with Crippen LogP contribution in [0.1, 0.15) is 23.2 Å². The number of nitrogens with one attached hydrogen (secondary N) is 2. The van der Waals surface area contributed by atoms with Crippen LogP contribution in [0.4, 0.5) is 5.82 Å². The average Bonchev–Trinajstić information content (AvgIpc) is 3.17. The van der Waals surface area contributed by atoms with E-state index in [-0.39, 0.29) is 17.6 Å². The van der Waals surface area contributed by atoms with E-state index in [1.54, 1.807) is 23.7 Å². The van der Waals surface area contributed by atoms with E-state index in [4.69, 9.17) is 32.5 Å². The number of carbonyl (C=O) groups excluding carboxylic acids is 3. The second-order valence-electron chi connectivity index (χ2n) is 9.02. The summed E-state index contributed by atoms with van der Waals surface area (Å²) >= 11 is 7.34. The van der Waals surface area contributed by atoms with Gasteiger partial charge < -0.3 is 36.1 Å². The van der Waals surface area contributed by atoms with Crippen LogP contribution >= 0.6 is 22.9 Å². The van der Waals surface area contributed by atoms with E-state index in [1.165, 1.54) is 24.7 Å². The molecule has 0 spiro atoms. The molecule has 13 nitrogen and oxygen atoms in total. The zero-order chi connectivity index (χ0) is 27.9. The number of hydrogen-bond acceptors (Lipinski definition) is 12. The number of hydrogen-bond donors (Lipinski definition) is 4. The van der Waals surface area contributed by atoms with Crippen molar-refractivity contribution in [2.75, 3.05) is 32.5 Å². The highest BCUT2D eigenvalue weighted by atomic mass is 35.5. The third-order valence-corrected chi connectivity index (χ3v) is 8.12. The fourth-order valence-electron chi connectivity index (χ4n) is 5.29. The molecule has 5 unspecified atom stereocenters. The van der Waals surface area contributed by atoms with Crippen LogP contribution in [0.2, 0.25) is 4.34 Å². The zero-order valence-corrected chi connectivity index (χ0v) is 22.5. The SMILES string of the molecule is CNC(=O)C12CC1C(n1cnc3c(NC)nc(C#Cc4ccc(Cl)s4)nc31)C(OC(=O)CN)C2OC(=O)CN. The third-order valence-electron chi connectivity index (χ3n) is 6.97. The Kier molecular flexibility index (Phi) is 7.17. The van der Waals surface area contributed by atoms with Crippen LogP contribution in [-0.2, 0) is 23.9 Å². The summed E-state index contributed by atoms with van der Waals surface area (Å²) in [6.07, 6.45) is -0.234. The molecular formula is C24H25ClN8O5S. The van der Waals surface area contributed by atoms with Crippen molar-refractivity contribution in [1.29, 1.82) is 0 Å². The normalized spacial score (nSPS) is 24.8. The molecular weight excluding hydrogens is 548 g/mol. The van der Waals surface area contributed by atoms with Crippen molar-refractivity contribution in [3.63, 3.8) is 0 Å². The maximum atomic E-state index is 13.1. The maximum Gasteiger partial charge on any atom is 0.320 e. The molecule has 6 N–H and O–H groups in total. The van der Waals surface area contributed by atoms with Gasteiger partial charge in [-0.1, -0.05) is 11.6 Å². The molecule has 204 valence electrons. The minimum atomic E-state index is -1.12. The van der Waals surface area contributed by atoms with E-state index in [9.17, 15) is 14.4 Å². The predicted octanol–water partition coefficient (Wildman–Crippen LogP) is 0.0307. The summed E-state index contributed by atoms with van der Waals surface area (Å²) in [6, 6.07) is 2.89. The van der Waals surface area contributed by atoms with Crippen LogP contribution in [0.5, 0.6) is 0 Å². The van der Waals surface area contributed by atoms with Crippen molar-refractivity contribution >= 4 is 57.8 Å². The molecule has 39 heavy (non-hydrogen) atoms. The topological polar surface area (TPSA) is 189 Å². The highest BCUT2D eigenvalue weighted by molar-refractivity contribution is 7.16. The Hall–Kier alpha value is -3.77. The Morgan fingerprint density at radius 2 is 1.92 bits per heavy atom. The minimum absolute atomic E-state index is 0.214. The summed E-state index contributed by atoms with van der Waals surface area (Å²) in [5.74, 6) is 4.44. The van der Waals surface area contributed by atoms with Crippen LogP contribution in [0.25, 0.3) is 11.2 Å². The standard InChI is InChI=1S/C24H25ClN8O5S/c1-28-21-17-22(32-14(31-21)6-4-11-3-5-13(25)39-11)33(10-30-17)18-12-7-24(12,23(36)29-2)20(38-16(35)9-27)19(18)37-15(34)8-26/h3,5,10,12,18-20H,7-9,26-27H2,1-2H3,(H,29,36)(H,28,31,32). The largest absolute Gasteiger partial charge is 0.456 e. The molecule has 5 atom stereocenters. The van der Waals surface area contributed by atoms with Crippen LogP contribution in [0.3, 0.4) is 0 Å². The van der Waals surface area contributed by atoms with E-state index < -0.39 is 48.7 Å². The zero-order valence-electron chi connectivity index (χ0n) is 20.9. The number of imidazole rings is 1. The van der Waals surface area contributed by atoms with Gasteiger partial charge in [-0.05, 0) is 30.4 Å². The second-order valence-corrected chi connectivity index (χ2v) is 10.7. The lowest BCUT2D eigenvalue weighted by Gasteiger charge is -2.30. The van der Waals surface area contributed by atoms with Gasteiger partial charge in [-0.25, -0.2) is 15.0 Å². The van der Waals surface area contributed by atoms with Gasteiger partial charge in [-0.15, -0.1) is 11.3 Å². The first-order valence-corrected chi connectivity index (χ1v) is 13.2. The molecule has 0 aliphatic heterocycles. The van der Waals surface area contributed by atoms with Gasteiger partial charge in [0.2, 0.25) is 11.7 Å².